The quantitative estimate of drug-likeness (QED) is 0.306. The van der Waals surface area contributed by atoms with Gasteiger partial charge in [-0.05, 0) is 71.1 Å². The number of amides is 3. The van der Waals surface area contributed by atoms with Crippen LogP contribution in [0.15, 0.2) is 18.2 Å². The van der Waals surface area contributed by atoms with Crippen LogP contribution in [0.1, 0.15) is 109 Å². The fourth-order valence-corrected chi connectivity index (χ4v) is 4.07. The van der Waals surface area contributed by atoms with E-state index < -0.39 is 23.8 Å². The van der Waals surface area contributed by atoms with Crippen LogP contribution in [0, 0.1) is 13.8 Å². The monoisotopic (exact) mass is 503 g/mol. The molecule has 0 bridgehead atoms. The lowest BCUT2D eigenvalue weighted by molar-refractivity contribution is -0.142. The number of nitrogens with zero attached hydrogens (tertiary/aromatic N) is 1. The van der Waals surface area contributed by atoms with Gasteiger partial charge in [0.25, 0.3) is 0 Å². The number of hydrogen-bond donors (Lipinski definition) is 2. The van der Waals surface area contributed by atoms with Crippen molar-refractivity contribution in [1.29, 1.82) is 0 Å². The Morgan fingerprint density at radius 3 is 2.22 bits per heavy atom. The molecule has 0 aliphatic rings. The first-order valence-corrected chi connectivity index (χ1v) is 13.6. The minimum atomic E-state index is -0.841. The van der Waals surface area contributed by atoms with Crippen LogP contribution in [0.4, 0.5) is 4.79 Å². The maximum atomic E-state index is 13.8. The summed E-state index contributed by atoms with van der Waals surface area (Å²) in [5, 5.41) is 5.73. The molecule has 0 saturated heterocycles. The molecule has 1 aromatic rings. The smallest absolute Gasteiger partial charge is 0.408 e. The van der Waals surface area contributed by atoms with Crippen LogP contribution < -0.4 is 10.6 Å². The van der Waals surface area contributed by atoms with Gasteiger partial charge >= 0.3 is 6.09 Å². The fourth-order valence-electron chi connectivity index (χ4n) is 4.07. The highest BCUT2D eigenvalue weighted by molar-refractivity contribution is 5.92. The third-order valence-electron chi connectivity index (χ3n) is 6.22. The van der Waals surface area contributed by atoms with Gasteiger partial charge in [-0.15, -0.1) is 0 Å². The van der Waals surface area contributed by atoms with Crippen LogP contribution in [0.2, 0.25) is 0 Å². The lowest BCUT2D eigenvalue weighted by Crippen LogP contribution is -2.52. The standard InChI is InChI=1S/C29H49N3O4/c1-9-11-13-15-20-32(27(34)23(5)31-28(35)36-29(6,7)8)25(26(33)30-19-14-12-10-2)24-18-16-17-21(3)22(24)4/h16-18,23,25H,9-15,19-20H2,1-8H3,(H,30,33)(H,31,35). The minimum absolute atomic E-state index is 0.187. The molecular formula is C29H49N3O4. The first-order chi connectivity index (χ1) is 16.9. The van der Waals surface area contributed by atoms with E-state index in [4.69, 9.17) is 4.74 Å². The number of rotatable bonds is 14. The number of nitrogens with one attached hydrogen (secondary N) is 2. The number of carbonyl (C=O) groups excluding carboxylic acids is 3. The van der Waals surface area contributed by atoms with Crippen molar-refractivity contribution in [2.24, 2.45) is 0 Å². The van der Waals surface area contributed by atoms with Gasteiger partial charge in [0.05, 0.1) is 0 Å². The Hall–Kier alpha value is -2.57. The highest BCUT2D eigenvalue weighted by atomic mass is 16.6. The molecule has 0 spiro atoms. The highest BCUT2D eigenvalue weighted by Crippen LogP contribution is 2.28. The van der Waals surface area contributed by atoms with Crippen LogP contribution in [-0.2, 0) is 14.3 Å². The van der Waals surface area contributed by atoms with Gasteiger partial charge in [-0.3, -0.25) is 9.59 Å². The van der Waals surface area contributed by atoms with E-state index in [9.17, 15) is 14.4 Å². The molecule has 2 atom stereocenters. The maximum absolute atomic E-state index is 13.8. The molecule has 0 aliphatic carbocycles. The minimum Gasteiger partial charge on any atom is -0.444 e. The Bertz CT molecular complexity index is 847. The van der Waals surface area contributed by atoms with Crippen LogP contribution in [-0.4, -0.2) is 47.5 Å². The normalized spacial score (nSPS) is 13.0. The van der Waals surface area contributed by atoms with E-state index in [1.165, 1.54) is 0 Å². The predicted molar refractivity (Wildman–Crippen MR) is 146 cm³/mol. The Kier molecular flexibility index (Phi) is 13.6. The zero-order valence-electron chi connectivity index (χ0n) is 23.8. The van der Waals surface area contributed by atoms with E-state index in [1.807, 2.05) is 32.0 Å². The van der Waals surface area contributed by atoms with Gasteiger partial charge in [-0.25, -0.2) is 4.79 Å². The molecule has 7 nitrogen and oxygen atoms in total. The second-order valence-corrected chi connectivity index (χ2v) is 10.7. The molecule has 2 unspecified atom stereocenters. The summed E-state index contributed by atoms with van der Waals surface area (Å²) in [6.07, 6.45) is 6.21. The Labute approximate surface area is 218 Å². The van der Waals surface area contributed by atoms with Crippen molar-refractivity contribution in [2.75, 3.05) is 13.1 Å². The van der Waals surface area contributed by atoms with E-state index >= 15 is 0 Å². The van der Waals surface area contributed by atoms with Crippen LogP contribution >= 0.6 is 0 Å². The molecule has 0 saturated carbocycles. The number of ether oxygens (including phenoxy) is 1. The lowest BCUT2D eigenvalue weighted by Gasteiger charge is -2.34. The first kappa shape index (κ1) is 31.5. The lowest BCUT2D eigenvalue weighted by atomic mass is 9.94. The Morgan fingerprint density at radius 2 is 1.61 bits per heavy atom. The second kappa shape index (κ2) is 15.5. The van der Waals surface area contributed by atoms with Gasteiger partial charge in [0.2, 0.25) is 11.8 Å². The van der Waals surface area contributed by atoms with Crippen LogP contribution in [0.25, 0.3) is 0 Å². The Balaban J connectivity index is 3.33. The number of carbonyl (C=O) groups is 3. The zero-order valence-corrected chi connectivity index (χ0v) is 23.8. The van der Waals surface area contributed by atoms with E-state index in [0.717, 1.165) is 61.6 Å². The van der Waals surface area contributed by atoms with Gasteiger partial charge in [0, 0.05) is 13.1 Å². The molecular weight excluding hydrogens is 454 g/mol. The molecule has 0 aliphatic heterocycles. The molecule has 0 heterocycles. The van der Waals surface area contributed by atoms with Crippen molar-refractivity contribution in [3.8, 4) is 0 Å². The summed E-state index contributed by atoms with van der Waals surface area (Å²) in [6.45, 7) is 16.2. The molecule has 7 heteroatoms. The van der Waals surface area contributed by atoms with Crippen molar-refractivity contribution < 1.29 is 19.1 Å². The summed E-state index contributed by atoms with van der Waals surface area (Å²) in [4.78, 5) is 41.4. The number of alkyl carbamates (subject to hydrolysis) is 1. The third kappa shape index (κ3) is 10.6. The van der Waals surface area contributed by atoms with Crippen molar-refractivity contribution in [3.63, 3.8) is 0 Å². The van der Waals surface area contributed by atoms with Gasteiger partial charge in [-0.2, -0.15) is 0 Å². The van der Waals surface area contributed by atoms with Crippen molar-refractivity contribution in [1.82, 2.24) is 15.5 Å². The molecule has 0 fully saturated rings. The van der Waals surface area contributed by atoms with Gasteiger partial charge in [-0.1, -0.05) is 64.2 Å². The average Bonchev–Trinajstić information content (AvgIpc) is 2.79. The van der Waals surface area contributed by atoms with Crippen LogP contribution in [0.3, 0.4) is 0 Å². The van der Waals surface area contributed by atoms with Crippen molar-refractivity contribution in [3.05, 3.63) is 34.9 Å². The predicted octanol–water partition coefficient (Wildman–Crippen LogP) is 5.97. The average molecular weight is 504 g/mol. The van der Waals surface area contributed by atoms with E-state index in [-0.39, 0.29) is 11.8 Å². The topological polar surface area (TPSA) is 87.7 Å². The van der Waals surface area contributed by atoms with Gasteiger partial charge < -0.3 is 20.3 Å². The van der Waals surface area contributed by atoms with Gasteiger partial charge in [0.1, 0.15) is 17.7 Å². The van der Waals surface area contributed by atoms with Gasteiger partial charge in [0.15, 0.2) is 0 Å². The summed E-state index contributed by atoms with van der Waals surface area (Å²) in [6, 6.07) is 4.25. The summed E-state index contributed by atoms with van der Waals surface area (Å²) >= 11 is 0. The molecule has 36 heavy (non-hydrogen) atoms. The zero-order chi connectivity index (χ0) is 27.3. The second-order valence-electron chi connectivity index (χ2n) is 10.7. The highest BCUT2D eigenvalue weighted by Gasteiger charge is 2.35. The van der Waals surface area contributed by atoms with E-state index in [2.05, 4.69) is 24.5 Å². The van der Waals surface area contributed by atoms with Crippen molar-refractivity contribution in [2.45, 2.75) is 118 Å². The molecule has 3 amide bonds. The Morgan fingerprint density at radius 1 is 0.972 bits per heavy atom. The third-order valence-corrected chi connectivity index (χ3v) is 6.22. The van der Waals surface area contributed by atoms with E-state index in [1.54, 1.807) is 32.6 Å². The molecule has 2 N–H and O–H groups in total. The number of aryl methyl sites for hydroxylation is 1. The molecule has 0 aromatic heterocycles. The first-order valence-electron chi connectivity index (χ1n) is 13.6. The summed E-state index contributed by atoms with van der Waals surface area (Å²) in [5.41, 5.74) is 2.20. The number of hydrogen-bond acceptors (Lipinski definition) is 4. The molecule has 204 valence electrons. The number of benzene rings is 1. The fraction of sp³-hybridized carbons (Fsp3) is 0.690. The summed E-state index contributed by atoms with van der Waals surface area (Å²) in [5.74, 6) is -0.486. The summed E-state index contributed by atoms with van der Waals surface area (Å²) < 4.78 is 5.35. The number of unbranched alkanes of at least 4 members (excludes halogenated alkanes) is 5. The van der Waals surface area contributed by atoms with Crippen molar-refractivity contribution >= 4 is 17.9 Å². The molecule has 1 rings (SSSR count). The molecule has 0 radical (unpaired) electrons. The molecule has 1 aromatic carbocycles. The maximum Gasteiger partial charge on any atom is 0.408 e. The largest absolute Gasteiger partial charge is 0.444 e. The SMILES string of the molecule is CCCCCCN(C(=O)C(C)NC(=O)OC(C)(C)C)C(C(=O)NCCCCC)c1cccc(C)c1C. The summed E-state index contributed by atoms with van der Waals surface area (Å²) in [7, 11) is 0. The van der Waals surface area contributed by atoms with Crippen LogP contribution in [0.5, 0.6) is 0 Å². The van der Waals surface area contributed by atoms with E-state index in [0.29, 0.717) is 13.1 Å².